The lowest BCUT2D eigenvalue weighted by Gasteiger charge is -2.32. The molecular formula is C20H28N4O3S2. The van der Waals surface area contributed by atoms with Crippen molar-refractivity contribution in [3.8, 4) is 0 Å². The zero-order valence-corrected chi connectivity index (χ0v) is 18.4. The normalized spacial score (nSPS) is 24.7. The van der Waals surface area contributed by atoms with Crippen LogP contribution in [0.3, 0.4) is 0 Å². The first-order valence-corrected chi connectivity index (χ1v) is 12.9. The number of morpholine rings is 1. The van der Waals surface area contributed by atoms with Crippen LogP contribution in [0.5, 0.6) is 0 Å². The number of ether oxygens (including phenoxy) is 1. The third kappa shape index (κ3) is 5.59. The number of hydrogen-bond acceptors (Lipinski definition) is 7. The van der Waals surface area contributed by atoms with Gasteiger partial charge in [-0.3, -0.25) is 4.90 Å². The molecule has 0 radical (unpaired) electrons. The minimum Gasteiger partial charge on any atom is -0.375 e. The zero-order valence-electron chi connectivity index (χ0n) is 16.7. The maximum absolute atomic E-state index is 11.7. The molecule has 1 aromatic heterocycles. The minimum absolute atomic E-state index is 0.161. The first kappa shape index (κ1) is 20.8. The van der Waals surface area contributed by atoms with Crippen LogP contribution in [-0.2, 0) is 34.6 Å². The number of thioether (sulfide) groups is 1. The van der Waals surface area contributed by atoms with Crippen LogP contribution in [0.25, 0.3) is 0 Å². The van der Waals surface area contributed by atoms with Crippen LogP contribution in [0, 0.1) is 5.92 Å². The second-order valence-corrected chi connectivity index (χ2v) is 11.2. The molecule has 0 bridgehead atoms. The van der Waals surface area contributed by atoms with Gasteiger partial charge in [-0.05, 0) is 17.9 Å². The van der Waals surface area contributed by atoms with Crippen molar-refractivity contribution in [2.75, 3.05) is 37.0 Å². The molecule has 2 fully saturated rings. The lowest BCUT2D eigenvalue weighted by molar-refractivity contribution is -0.0187. The van der Waals surface area contributed by atoms with E-state index in [9.17, 15) is 8.42 Å². The Morgan fingerprint density at radius 3 is 2.83 bits per heavy atom. The van der Waals surface area contributed by atoms with Crippen LogP contribution in [0.1, 0.15) is 17.8 Å². The molecular weight excluding hydrogens is 408 g/mol. The van der Waals surface area contributed by atoms with E-state index in [0.717, 1.165) is 49.4 Å². The van der Waals surface area contributed by atoms with Crippen molar-refractivity contribution in [1.29, 1.82) is 0 Å². The van der Waals surface area contributed by atoms with Gasteiger partial charge in [-0.15, -0.1) is 10.2 Å². The van der Waals surface area contributed by atoms with Gasteiger partial charge in [0.15, 0.2) is 15.0 Å². The molecule has 0 saturated carbocycles. The summed E-state index contributed by atoms with van der Waals surface area (Å²) in [4.78, 5) is 2.44. The van der Waals surface area contributed by atoms with Crippen LogP contribution in [0.4, 0.5) is 0 Å². The molecule has 2 aliphatic heterocycles. The number of benzene rings is 1. The van der Waals surface area contributed by atoms with Crippen molar-refractivity contribution < 1.29 is 13.2 Å². The van der Waals surface area contributed by atoms with Gasteiger partial charge in [-0.25, -0.2) is 8.42 Å². The van der Waals surface area contributed by atoms with Crippen LogP contribution >= 0.6 is 11.8 Å². The van der Waals surface area contributed by atoms with E-state index in [2.05, 4.69) is 39.4 Å². The first-order valence-electron chi connectivity index (χ1n) is 10.1. The van der Waals surface area contributed by atoms with Gasteiger partial charge in [0.2, 0.25) is 0 Å². The summed E-state index contributed by atoms with van der Waals surface area (Å²) in [6, 6.07) is 10.5. The summed E-state index contributed by atoms with van der Waals surface area (Å²) in [7, 11) is -0.895. The van der Waals surface area contributed by atoms with Crippen LogP contribution in [-0.4, -0.2) is 71.1 Å². The van der Waals surface area contributed by atoms with E-state index in [0.29, 0.717) is 12.2 Å². The Bertz CT molecular complexity index is 917. The van der Waals surface area contributed by atoms with Crippen molar-refractivity contribution in [3.63, 3.8) is 0 Å². The summed E-state index contributed by atoms with van der Waals surface area (Å²) >= 11 is 1.66. The number of hydrogen-bond donors (Lipinski definition) is 0. The van der Waals surface area contributed by atoms with E-state index in [1.165, 1.54) is 5.56 Å². The van der Waals surface area contributed by atoms with Crippen molar-refractivity contribution in [2.45, 2.75) is 30.6 Å². The fourth-order valence-electron chi connectivity index (χ4n) is 3.97. The van der Waals surface area contributed by atoms with E-state index >= 15 is 0 Å². The summed E-state index contributed by atoms with van der Waals surface area (Å²) in [6.07, 6.45) is 1.57. The summed E-state index contributed by atoms with van der Waals surface area (Å²) in [5, 5.41) is 9.50. The SMILES string of the molecule is Cn1c(C[C@H]2CCS(=O)(=O)C2)nnc1SC[C@H]1CN(Cc2ccccc2)CCO1. The largest absolute Gasteiger partial charge is 0.375 e. The molecule has 0 unspecified atom stereocenters. The molecule has 29 heavy (non-hydrogen) atoms. The Labute approximate surface area is 176 Å². The van der Waals surface area contributed by atoms with Gasteiger partial charge in [0.25, 0.3) is 0 Å². The molecule has 0 N–H and O–H groups in total. The molecule has 0 spiro atoms. The predicted molar refractivity (Wildman–Crippen MR) is 114 cm³/mol. The Morgan fingerprint density at radius 1 is 1.24 bits per heavy atom. The van der Waals surface area contributed by atoms with Gasteiger partial charge in [0, 0.05) is 38.9 Å². The second-order valence-electron chi connectivity index (χ2n) is 7.96. The molecule has 0 amide bonds. The molecule has 2 aromatic rings. The molecule has 7 nitrogen and oxygen atoms in total. The standard InChI is InChI=1S/C20H28N4O3S2/c1-23-19(11-17-7-10-29(25,26)15-17)21-22-20(23)28-14-18-13-24(8-9-27-18)12-16-5-3-2-4-6-16/h2-6,17-18H,7-15H2,1H3/t17-,18-/m1/s1. The Balaban J connectivity index is 1.28. The average molecular weight is 437 g/mol. The van der Waals surface area contributed by atoms with Crippen molar-refractivity contribution in [1.82, 2.24) is 19.7 Å². The second kappa shape index (κ2) is 9.16. The van der Waals surface area contributed by atoms with Crippen molar-refractivity contribution in [3.05, 3.63) is 41.7 Å². The van der Waals surface area contributed by atoms with E-state index in [4.69, 9.17) is 4.74 Å². The molecule has 9 heteroatoms. The maximum Gasteiger partial charge on any atom is 0.191 e. The number of rotatable bonds is 7. The molecule has 158 valence electrons. The topological polar surface area (TPSA) is 77.3 Å². The summed E-state index contributed by atoms with van der Waals surface area (Å²) in [6.45, 7) is 3.56. The Hall–Kier alpha value is -1.42. The first-order chi connectivity index (χ1) is 14.0. The minimum atomic E-state index is -2.86. The molecule has 0 aliphatic carbocycles. The van der Waals surface area contributed by atoms with Gasteiger partial charge in [0.05, 0.1) is 24.2 Å². The van der Waals surface area contributed by atoms with Gasteiger partial charge in [-0.1, -0.05) is 42.1 Å². The molecule has 4 rings (SSSR count). The monoisotopic (exact) mass is 436 g/mol. The maximum atomic E-state index is 11.7. The molecule has 2 atom stereocenters. The lowest BCUT2D eigenvalue weighted by atomic mass is 10.1. The van der Waals surface area contributed by atoms with Crippen LogP contribution < -0.4 is 0 Å². The molecule has 3 heterocycles. The van der Waals surface area contributed by atoms with E-state index in [1.807, 2.05) is 17.7 Å². The van der Waals surface area contributed by atoms with E-state index in [1.54, 1.807) is 11.8 Å². The highest BCUT2D eigenvalue weighted by Crippen LogP contribution is 2.25. The lowest BCUT2D eigenvalue weighted by Crippen LogP contribution is -2.43. The van der Waals surface area contributed by atoms with Crippen LogP contribution in [0.15, 0.2) is 35.5 Å². The summed E-state index contributed by atoms with van der Waals surface area (Å²) in [5.41, 5.74) is 1.33. The summed E-state index contributed by atoms with van der Waals surface area (Å²) in [5.74, 6) is 2.43. The third-order valence-corrected chi connectivity index (χ3v) is 8.58. The number of nitrogens with zero attached hydrogens (tertiary/aromatic N) is 4. The number of sulfone groups is 1. The Morgan fingerprint density at radius 2 is 2.07 bits per heavy atom. The molecule has 2 aliphatic rings. The van der Waals surface area contributed by atoms with E-state index < -0.39 is 9.84 Å². The highest BCUT2D eigenvalue weighted by Gasteiger charge is 2.29. The third-order valence-electron chi connectivity index (χ3n) is 5.59. The average Bonchev–Trinajstić information content (AvgIpc) is 3.23. The van der Waals surface area contributed by atoms with Gasteiger partial charge in [-0.2, -0.15) is 0 Å². The number of aromatic nitrogens is 3. The van der Waals surface area contributed by atoms with E-state index in [-0.39, 0.29) is 17.8 Å². The fraction of sp³-hybridized carbons (Fsp3) is 0.600. The Kier molecular flexibility index (Phi) is 6.58. The highest BCUT2D eigenvalue weighted by atomic mass is 32.2. The van der Waals surface area contributed by atoms with Gasteiger partial charge in [0.1, 0.15) is 5.82 Å². The van der Waals surface area contributed by atoms with Gasteiger partial charge < -0.3 is 9.30 Å². The van der Waals surface area contributed by atoms with Crippen molar-refractivity contribution >= 4 is 21.6 Å². The smallest absolute Gasteiger partial charge is 0.191 e. The zero-order chi connectivity index (χ0) is 20.3. The quantitative estimate of drug-likeness (QED) is 0.612. The van der Waals surface area contributed by atoms with Gasteiger partial charge >= 0.3 is 0 Å². The highest BCUT2D eigenvalue weighted by molar-refractivity contribution is 7.99. The molecule has 2 saturated heterocycles. The summed E-state index contributed by atoms with van der Waals surface area (Å²) < 4.78 is 31.3. The van der Waals surface area contributed by atoms with Crippen LogP contribution in [0.2, 0.25) is 0 Å². The molecule has 1 aromatic carbocycles. The predicted octanol–water partition coefficient (Wildman–Crippen LogP) is 1.79. The van der Waals surface area contributed by atoms with Crippen molar-refractivity contribution in [2.24, 2.45) is 13.0 Å². The fourth-order valence-corrected chi connectivity index (χ4v) is 6.77.